The van der Waals surface area contributed by atoms with Crippen LogP contribution < -0.4 is 15.0 Å². The van der Waals surface area contributed by atoms with Crippen molar-refractivity contribution in [3.05, 3.63) is 63.7 Å². The molecule has 1 atom stereocenters. The van der Waals surface area contributed by atoms with Crippen molar-refractivity contribution in [1.29, 1.82) is 0 Å². The quantitative estimate of drug-likeness (QED) is 0.556. The topological polar surface area (TPSA) is 102 Å². The number of carbonyl (C=O) groups excluding carboxylic acids is 2. The Bertz CT molecular complexity index is 956. The molecule has 30 heavy (non-hydrogen) atoms. The lowest BCUT2D eigenvalue weighted by Gasteiger charge is -2.29. The second-order valence-electron chi connectivity index (χ2n) is 7.81. The molecular formula is C22H25N3O5. The van der Waals surface area contributed by atoms with E-state index in [0.717, 1.165) is 12.0 Å². The maximum Gasteiger partial charge on any atom is 0.271 e. The third-order valence-corrected chi connectivity index (χ3v) is 4.90. The monoisotopic (exact) mass is 411 g/mol. The Hall–Kier alpha value is -3.42. The summed E-state index contributed by atoms with van der Waals surface area (Å²) in [6, 6.07) is 11.8. The molecule has 8 nitrogen and oxygen atoms in total. The Balaban J connectivity index is 1.69. The average molecular weight is 411 g/mol. The lowest BCUT2D eigenvalue weighted by molar-refractivity contribution is -0.384. The van der Waals surface area contributed by atoms with Crippen LogP contribution in [0, 0.1) is 16.0 Å². The summed E-state index contributed by atoms with van der Waals surface area (Å²) in [5, 5.41) is 13.9. The molecule has 0 saturated heterocycles. The highest BCUT2D eigenvalue weighted by Gasteiger charge is 2.29. The summed E-state index contributed by atoms with van der Waals surface area (Å²) in [7, 11) is 0. The molecule has 3 rings (SSSR count). The van der Waals surface area contributed by atoms with Crippen LogP contribution >= 0.6 is 0 Å². The van der Waals surface area contributed by atoms with Gasteiger partial charge in [0.1, 0.15) is 12.3 Å². The lowest BCUT2D eigenvalue weighted by Crippen LogP contribution is -2.45. The molecule has 0 saturated carbocycles. The van der Waals surface area contributed by atoms with Crippen molar-refractivity contribution in [3.63, 3.8) is 0 Å². The van der Waals surface area contributed by atoms with Gasteiger partial charge in [0.25, 0.3) is 11.6 Å². The number of benzene rings is 2. The Morgan fingerprint density at radius 1 is 1.20 bits per heavy atom. The standard InChI is InChI=1S/C22H25N3O5/c1-14(2)10-16-4-6-17(7-5-16)15(3)23-21(26)12-24-19-11-18(25(28)29)8-9-20(19)30-13-22(24)27/h4-9,11,14-15H,10,12-13H2,1-3H3,(H,23,26)/t15-/m0/s1. The number of nitrogens with zero attached hydrogens (tertiary/aromatic N) is 2. The number of nitrogens with one attached hydrogen (secondary N) is 1. The Labute approximate surface area is 175 Å². The highest BCUT2D eigenvalue weighted by molar-refractivity contribution is 6.02. The molecular weight excluding hydrogens is 386 g/mol. The largest absolute Gasteiger partial charge is 0.482 e. The van der Waals surface area contributed by atoms with E-state index >= 15 is 0 Å². The Morgan fingerprint density at radius 3 is 2.53 bits per heavy atom. The highest BCUT2D eigenvalue weighted by atomic mass is 16.6. The second kappa shape index (κ2) is 8.94. The molecule has 2 aromatic rings. The molecule has 0 spiro atoms. The SMILES string of the molecule is CC(C)Cc1ccc([C@H](C)NC(=O)CN2C(=O)COc3ccc([N+](=O)[O-])cc32)cc1. The minimum atomic E-state index is -0.553. The number of rotatable bonds is 7. The van der Waals surface area contributed by atoms with Crippen molar-refractivity contribution in [3.8, 4) is 5.75 Å². The van der Waals surface area contributed by atoms with Crippen molar-refractivity contribution in [2.45, 2.75) is 33.2 Å². The van der Waals surface area contributed by atoms with Gasteiger partial charge in [0.05, 0.1) is 16.7 Å². The van der Waals surface area contributed by atoms with Gasteiger partial charge in [0.2, 0.25) is 5.91 Å². The molecule has 0 bridgehead atoms. The minimum Gasteiger partial charge on any atom is -0.482 e. The predicted molar refractivity (Wildman–Crippen MR) is 112 cm³/mol. The van der Waals surface area contributed by atoms with Crippen LogP contribution in [-0.2, 0) is 16.0 Å². The molecule has 0 radical (unpaired) electrons. The van der Waals surface area contributed by atoms with Gasteiger partial charge >= 0.3 is 0 Å². The minimum absolute atomic E-state index is 0.174. The number of nitro benzene ring substituents is 1. The van der Waals surface area contributed by atoms with Gasteiger partial charge in [-0.05, 0) is 36.5 Å². The molecule has 1 aliphatic rings. The van der Waals surface area contributed by atoms with Crippen molar-refractivity contribution in [1.82, 2.24) is 5.32 Å². The van der Waals surface area contributed by atoms with Crippen LogP contribution in [-0.4, -0.2) is 29.9 Å². The van der Waals surface area contributed by atoms with Gasteiger partial charge in [-0.1, -0.05) is 38.1 Å². The Kier molecular flexibility index (Phi) is 6.34. The van der Waals surface area contributed by atoms with E-state index < -0.39 is 10.8 Å². The van der Waals surface area contributed by atoms with Gasteiger partial charge < -0.3 is 10.1 Å². The number of hydrogen-bond acceptors (Lipinski definition) is 5. The number of nitro groups is 1. The maximum atomic E-state index is 12.6. The number of fused-ring (bicyclic) bond motifs is 1. The summed E-state index contributed by atoms with van der Waals surface area (Å²) < 4.78 is 5.33. The van der Waals surface area contributed by atoms with Gasteiger partial charge in [-0.3, -0.25) is 24.6 Å². The summed E-state index contributed by atoms with van der Waals surface area (Å²) in [5.74, 6) is 0.116. The van der Waals surface area contributed by atoms with Crippen LogP contribution in [0.1, 0.15) is 37.9 Å². The van der Waals surface area contributed by atoms with Crippen LogP contribution in [0.5, 0.6) is 5.75 Å². The van der Waals surface area contributed by atoms with Crippen molar-refractivity contribution in [2.24, 2.45) is 5.92 Å². The van der Waals surface area contributed by atoms with Gasteiger partial charge in [-0.2, -0.15) is 0 Å². The van der Waals surface area contributed by atoms with Crippen LogP contribution in [0.15, 0.2) is 42.5 Å². The highest BCUT2D eigenvalue weighted by Crippen LogP contribution is 2.35. The van der Waals surface area contributed by atoms with E-state index in [9.17, 15) is 19.7 Å². The third-order valence-electron chi connectivity index (χ3n) is 4.90. The first-order valence-electron chi connectivity index (χ1n) is 9.84. The van der Waals surface area contributed by atoms with E-state index in [-0.39, 0.29) is 36.5 Å². The van der Waals surface area contributed by atoms with Gasteiger partial charge in [-0.25, -0.2) is 0 Å². The number of hydrogen-bond donors (Lipinski definition) is 1. The molecule has 0 aliphatic carbocycles. The van der Waals surface area contributed by atoms with Crippen LogP contribution in [0.2, 0.25) is 0 Å². The van der Waals surface area contributed by atoms with Crippen LogP contribution in [0.3, 0.4) is 0 Å². The number of ether oxygens (including phenoxy) is 1. The summed E-state index contributed by atoms with van der Waals surface area (Å²) in [6.45, 7) is 5.74. The fourth-order valence-electron chi connectivity index (χ4n) is 3.41. The molecule has 1 heterocycles. The van der Waals surface area contributed by atoms with E-state index in [2.05, 4.69) is 31.3 Å². The van der Waals surface area contributed by atoms with Gasteiger partial charge in [-0.15, -0.1) is 0 Å². The molecule has 1 N–H and O–H groups in total. The fraction of sp³-hybridized carbons (Fsp3) is 0.364. The first kappa shape index (κ1) is 21.3. The van der Waals surface area contributed by atoms with Crippen molar-refractivity contribution in [2.75, 3.05) is 18.1 Å². The molecule has 158 valence electrons. The summed E-state index contributed by atoms with van der Waals surface area (Å²) in [6.07, 6.45) is 0.992. The number of anilines is 1. The van der Waals surface area contributed by atoms with E-state index in [0.29, 0.717) is 11.7 Å². The summed E-state index contributed by atoms with van der Waals surface area (Å²) in [4.78, 5) is 36.6. The summed E-state index contributed by atoms with van der Waals surface area (Å²) in [5.41, 5.74) is 2.25. The van der Waals surface area contributed by atoms with Crippen molar-refractivity contribution < 1.29 is 19.2 Å². The van der Waals surface area contributed by atoms with E-state index in [1.54, 1.807) is 0 Å². The zero-order chi connectivity index (χ0) is 21.8. The average Bonchev–Trinajstić information content (AvgIpc) is 2.69. The van der Waals surface area contributed by atoms with Crippen LogP contribution in [0.4, 0.5) is 11.4 Å². The third kappa shape index (κ3) is 4.94. The first-order valence-corrected chi connectivity index (χ1v) is 9.84. The molecule has 1 aliphatic heterocycles. The van der Waals surface area contributed by atoms with Gasteiger partial charge in [0.15, 0.2) is 6.61 Å². The molecule has 0 aromatic heterocycles. The zero-order valence-corrected chi connectivity index (χ0v) is 17.3. The lowest BCUT2D eigenvalue weighted by atomic mass is 10.00. The van der Waals surface area contributed by atoms with Gasteiger partial charge in [0, 0.05) is 12.1 Å². The first-order chi connectivity index (χ1) is 14.2. The normalized spacial score (nSPS) is 14.1. The smallest absolute Gasteiger partial charge is 0.271 e. The maximum absolute atomic E-state index is 12.6. The molecule has 2 aromatic carbocycles. The number of carbonyl (C=O) groups is 2. The molecule has 0 fully saturated rings. The number of amides is 2. The second-order valence-corrected chi connectivity index (χ2v) is 7.81. The van der Waals surface area contributed by atoms with E-state index in [1.807, 2.05) is 19.1 Å². The predicted octanol–water partition coefficient (Wildman–Crippen LogP) is 3.40. The fourth-order valence-corrected chi connectivity index (χ4v) is 3.41. The van der Waals surface area contributed by atoms with E-state index in [4.69, 9.17) is 4.74 Å². The van der Waals surface area contributed by atoms with E-state index in [1.165, 1.54) is 28.7 Å². The summed E-state index contributed by atoms with van der Waals surface area (Å²) >= 11 is 0. The molecule has 0 unspecified atom stereocenters. The Morgan fingerprint density at radius 2 is 1.90 bits per heavy atom. The van der Waals surface area contributed by atoms with Crippen LogP contribution in [0.25, 0.3) is 0 Å². The molecule has 8 heteroatoms. The zero-order valence-electron chi connectivity index (χ0n) is 17.3. The number of non-ortho nitro benzene ring substituents is 1. The van der Waals surface area contributed by atoms with Crippen molar-refractivity contribution >= 4 is 23.2 Å². The molecule has 2 amide bonds.